The van der Waals surface area contributed by atoms with Crippen LogP contribution in [0, 0.1) is 5.92 Å². The van der Waals surface area contributed by atoms with Crippen molar-refractivity contribution < 1.29 is 4.74 Å². The van der Waals surface area contributed by atoms with Gasteiger partial charge in [0.15, 0.2) is 0 Å². The summed E-state index contributed by atoms with van der Waals surface area (Å²) in [6.45, 7) is 10.6. The molecular formula is C17H28O. The van der Waals surface area contributed by atoms with Crippen LogP contribution in [0.5, 0.6) is 5.75 Å². The van der Waals surface area contributed by atoms with Gasteiger partial charge in [0.25, 0.3) is 0 Å². The topological polar surface area (TPSA) is 9.23 Å². The van der Waals surface area contributed by atoms with E-state index in [4.69, 9.17) is 4.74 Å². The Kier molecular flexibility index (Phi) is 9.08. The van der Waals surface area contributed by atoms with Crippen molar-refractivity contribution in [1.29, 1.82) is 0 Å². The van der Waals surface area contributed by atoms with Crippen LogP contribution in [-0.2, 0) is 6.42 Å². The van der Waals surface area contributed by atoms with Gasteiger partial charge < -0.3 is 4.74 Å². The van der Waals surface area contributed by atoms with E-state index in [0.29, 0.717) is 5.92 Å². The molecule has 0 spiro atoms. The van der Waals surface area contributed by atoms with Crippen LogP contribution in [0.15, 0.2) is 24.3 Å². The third-order valence-corrected chi connectivity index (χ3v) is 2.61. The molecule has 0 aliphatic carbocycles. The summed E-state index contributed by atoms with van der Waals surface area (Å²) in [7, 11) is 1.73. The average molecular weight is 248 g/mol. The Bertz CT molecular complexity index is 351. The van der Waals surface area contributed by atoms with Crippen molar-refractivity contribution in [3.05, 3.63) is 35.4 Å². The molecule has 0 fully saturated rings. The van der Waals surface area contributed by atoms with Crippen molar-refractivity contribution >= 4 is 6.08 Å². The molecule has 0 aliphatic heterocycles. The van der Waals surface area contributed by atoms with E-state index < -0.39 is 0 Å². The molecule has 0 aliphatic rings. The molecule has 102 valence electrons. The zero-order chi connectivity index (χ0) is 14.0. The molecule has 1 rings (SSSR count). The third kappa shape index (κ3) is 5.90. The quantitative estimate of drug-likeness (QED) is 0.683. The maximum atomic E-state index is 5.37. The van der Waals surface area contributed by atoms with E-state index in [1.54, 1.807) is 7.11 Å². The predicted molar refractivity (Wildman–Crippen MR) is 82.2 cm³/mol. The summed E-state index contributed by atoms with van der Waals surface area (Å²) < 4.78 is 5.37. The molecule has 0 saturated carbocycles. The van der Waals surface area contributed by atoms with E-state index in [1.807, 2.05) is 13.8 Å². The highest BCUT2D eigenvalue weighted by molar-refractivity contribution is 5.53. The van der Waals surface area contributed by atoms with Crippen molar-refractivity contribution in [2.24, 2.45) is 5.92 Å². The molecule has 0 unspecified atom stereocenters. The number of aryl methyl sites for hydroxylation is 1. The van der Waals surface area contributed by atoms with Crippen molar-refractivity contribution in [1.82, 2.24) is 0 Å². The van der Waals surface area contributed by atoms with Crippen LogP contribution in [0.4, 0.5) is 0 Å². The minimum Gasteiger partial charge on any atom is -0.496 e. The number of benzene rings is 1. The first-order valence-electron chi connectivity index (χ1n) is 7.00. The highest BCUT2D eigenvalue weighted by atomic mass is 16.5. The van der Waals surface area contributed by atoms with Gasteiger partial charge in [-0.2, -0.15) is 0 Å². The largest absolute Gasteiger partial charge is 0.496 e. The summed E-state index contributed by atoms with van der Waals surface area (Å²) in [5, 5.41) is 0. The van der Waals surface area contributed by atoms with E-state index in [1.165, 1.54) is 11.1 Å². The fraction of sp³-hybridized carbons (Fsp3) is 0.529. The lowest BCUT2D eigenvalue weighted by atomic mass is 10.1. The van der Waals surface area contributed by atoms with Gasteiger partial charge in [0.1, 0.15) is 5.75 Å². The number of methoxy groups -OCH3 is 1. The number of ether oxygens (including phenoxy) is 1. The van der Waals surface area contributed by atoms with Gasteiger partial charge >= 0.3 is 0 Å². The summed E-state index contributed by atoms with van der Waals surface area (Å²) in [5.74, 6) is 1.71. The zero-order valence-electron chi connectivity index (χ0n) is 12.8. The Morgan fingerprint density at radius 3 is 2.39 bits per heavy atom. The molecule has 0 N–H and O–H groups in total. The SMILES string of the molecule is CC.CCc1ccc(/C=C/CC(C)C)cc1OC. The first kappa shape index (κ1) is 16.8. The molecule has 18 heavy (non-hydrogen) atoms. The van der Waals surface area contributed by atoms with E-state index in [9.17, 15) is 0 Å². The summed E-state index contributed by atoms with van der Waals surface area (Å²) in [5.41, 5.74) is 2.48. The molecule has 1 aromatic rings. The molecule has 0 amide bonds. The molecule has 0 radical (unpaired) electrons. The smallest absolute Gasteiger partial charge is 0.122 e. The van der Waals surface area contributed by atoms with Gasteiger partial charge in [-0.05, 0) is 36.0 Å². The molecule has 0 heterocycles. The molecule has 0 aromatic heterocycles. The standard InChI is InChI=1S/C15H22O.C2H6/c1-5-14-10-9-13(11-15(14)16-4)8-6-7-12(2)3;1-2/h6,8-12H,5,7H2,1-4H3;1-2H3/b8-6+;. The van der Waals surface area contributed by atoms with E-state index >= 15 is 0 Å². The summed E-state index contributed by atoms with van der Waals surface area (Å²) in [6.07, 6.45) is 6.53. The molecule has 1 nitrogen and oxygen atoms in total. The number of rotatable bonds is 5. The van der Waals surface area contributed by atoms with Gasteiger partial charge in [0.05, 0.1) is 7.11 Å². The highest BCUT2D eigenvalue weighted by Gasteiger charge is 2.00. The first-order chi connectivity index (χ1) is 8.67. The fourth-order valence-electron chi connectivity index (χ4n) is 1.63. The second-order valence-electron chi connectivity index (χ2n) is 4.46. The lowest BCUT2D eigenvalue weighted by Gasteiger charge is -2.07. The van der Waals surface area contributed by atoms with Crippen molar-refractivity contribution in [2.45, 2.75) is 47.5 Å². The number of allylic oxidation sites excluding steroid dienone is 1. The Balaban J connectivity index is 0.00000137. The normalized spacial score (nSPS) is 10.4. The molecule has 0 saturated heterocycles. The van der Waals surface area contributed by atoms with Crippen LogP contribution in [0.3, 0.4) is 0 Å². The van der Waals surface area contributed by atoms with E-state index in [2.05, 4.69) is 51.1 Å². The van der Waals surface area contributed by atoms with Crippen LogP contribution in [0.2, 0.25) is 0 Å². The monoisotopic (exact) mass is 248 g/mol. The number of hydrogen-bond acceptors (Lipinski definition) is 1. The summed E-state index contributed by atoms with van der Waals surface area (Å²) in [6, 6.07) is 6.40. The van der Waals surface area contributed by atoms with Gasteiger partial charge in [-0.25, -0.2) is 0 Å². The molecule has 0 atom stereocenters. The summed E-state index contributed by atoms with van der Waals surface area (Å²) in [4.78, 5) is 0. The zero-order valence-corrected chi connectivity index (χ0v) is 12.8. The molecule has 1 heteroatoms. The van der Waals surface area contributed by atoms with Crippen LogP contribution in [0.1, 0.15) is 52.2 Å². The maximum absolute atomic E-state index is 5.37. The first-order valence-corrected chi connectivity index (χ1v) is 7.00. The number of hydrogen-bond donors (Lipinski definition) is 0. The molecular weight excluding hydrogens is 220 g/mol. The Morgan fingerprint density at radius 2 is 1.89 bits per heavy atom. The Hall–Kier alpha value is -1.24. The van der Waals surface area contributed by atoms with Gasteiger partial charge in [-0.3, -0.25) is 0 Å². The van der Waals surface area contributed by atoms with Crippen molar-refractivity contribution in [2.75, 3.05) is 7.11 Å². The lowest BCUT2D eigenvalue weighted by molar-refractivity contribution is 0.410. The van der Waals surface area contributed by atoms with Gasteiger partial charge in [0.2, 0.25) is 0 Å². The highest BCUT2D eigenvalue weighted by Crippen LogP contribution is 2.21. The van der Waals surface area contributed by atoms with Crippen LogP contribution in [-0.4, -0.2) is 7.11 Å². The lowest BCUT2D eigenvalue weighted by Crippen LogP contribution is -1.90. The Labute approximate surface area is 113 Å². The van der Waals surface area contributed by atoms with Gasteiger partial charge in [0, 0.05) is 0 Å². The van der Waals surface area contributed by atoms with Crippen LogP contribution >= 0.6 is 0 Å². The van der Waals surface area contributed by atoms with Gasteiger partial charge in [-0.15, -0.1) is 0 Å². The fourth-order valence-corrected chi connectivity index (χ4v) is 1.63. The van der Waals surface area contributed by atoms with E-state index in [0.717, 1.165) is 18.6 Å². The van der Waals surface area contributed by atoms with E-state index in [-0.39, 0.29) is 0 Å². The van der Waals surface area contributed by atoms with Crippen molar-refractivity contribution in [3.8, 4) is 5.75 Å². The van der Waals surface area contributed by atoms with Gasteiger partial charge in [-0.1, -0.05) is 58.9 Å². The van der Waals surface area contributed by atoms with Crippen molar-refractivity contribution in [3.63, 3.8) is 0 Å². The van der Waals surface area contributed by atoms with Crippen LogP contribution < -0.4 is 4.74 Å². The third-order valence-electron chi connectivity index (χ3n) is 2.61. The second kappa shape index (κ2) is 9.76. The average Bonchev–Trinajstić information content (AvgIpc) is 2.40. The molecule has 1 aromatic carbocycles. The Morgan fingerprint density at radius 1 is 1.22 bits per heavy atom. The summed E-state index contributed by atoms with van der Waals surface area (Å²) >= 11 is 0. The predicted octanol–water partition coefficient (Wildman–Crippen LogP) is 5.34. The maximum Gasteiger partial charge on any atom is 0.122 e. The minimum absolute atomic E-state index is 0.716. The van der Waals surface area contributed by atoms with Crippen LogP contribution in [0.25, 0.3) is 6.08 Å². The second-order valence-corrected chi connectivity index (χ2v) is 4.46. The molecule has 0 bridgehead atoms. The minimum atomic E-state index is 0.716.